The van der Waals surface area contributed by atoms with Crippen molar-refractivity contribution in [3.05, 3.63) is 54.1 Å². The highest BCUT2D eigenvalue weighted by Crippen LogP contribution is 2.27. The predicted octanol–water partition coefficient (Wildman–Crippen LogP) is 4.32. The van der Waals surface area contributed by atoms with Gasteiger partial charge in [0.1, 0.15) is 16.5 Å². The number of ether oxygens (including phenoxy) is 2. The first-order valence-corrected chi connectivity index (χ1v) is 9.43. The van der Waals surface area contributed by atoms with Gasteiger partial charge in [0, 0.05) is 11.6 Å². The van der Waals surface area contributed by atoms with E-state index >= 15 is 0 Å². The molecule has 6 nitrogen and oxygen atoms in total. The summed E-state index contributed by atoms with van der Waals surface area (Å²) in [5.74, 6) is 0.996. The van der Waals surface area contributed by atoms with Gasteiger partial charge >= 0.3 is 0 Å². The van der Waals surface area contributed by atoms with E-state index in [0.29, 0.717) is 23.1 Å². The maximum atomic E-state index is 12.6. The summed E-state index contributed by atoms with van der Waals surface area (Å²) in [5, 5.41) is 12.2. The lowest BCUT2D eigenvalue weighted by Gasteiger charge is -2.16. The van der Waals surface area contributed by atoms with Crippen LogP contribution < -0.4 is 14.8 Å². The summed E-state index contributed by atoms with van der Waals surface area (Å²) >= 11 is 1.33. The number of anilines is 1. The molecule has 7 heteroatoms. The van der Waals surface area contributed by atoms with Crippen molar-refractivity contribution in [2.45, 2.75) is 26.4 Å². The molecule has 0 aliphatic heterocycles. The fraction of sp³-hybridized carbons (Fsp3) is 0.250. The molecule has 1 heterocycles. The lowest BCUT2D eigenvalue weighted by molar-refractivity contribution is -0.122. The van der Waals surface area contributed by atoms with E-state index in [2.05, 4.69) is 15.5 Å². The van der Waals surface area contributed by atoms with Crippen LogP contribution in [0.4, 0.5) is 5.13 Å². The smallest absolute Gasteiger partial charge is 0.267 e. The van der Waals surface area contributed by atoms with E-state index in [0.717, 1.165) is 10.6 Å². The van der Waals surface area contributed by atoms with Gasteiger partial charge in [-0.1, -0.05) is 54.2 Å². The first-order chi connectivity index (χ1) is 13.1. The van der Waals surface area contributed by atoms with Crippen molar-refractivity contribution in [3.8, 4) is 22.1 Å². The van der Waals surface area contributed by atoms with E-state index in [4.69, 9.17) is 9.47 Å². The summed E-state index contributed by atoms with van der Waals surface area (Å²) in [4.78, 5) is 12.6. The number of aromatic nitrogens is 2. The fourth-order valence-electron chi connectivity index (χ4n) is 2.43. The zero-order chi connectivity index (χ0) is 19.2. The molecule has 1 atom stereocenters. The Balaban J connectivity index is 1.67. The van der Waals surface area contributed by atoms with Crippen LogP contribution in [0.1, 0.15) is 18.9 Å². The van der Waals surface area contributed by atoms with Gasteiger partial charge in [-0.3, -0.25) is 10.1 Å². The van der Waals surface area contributed by atoms with Gasteiger partial charge < -0.3 is 9.47 Å². The van der Waals surface area contributed by atoms with Gasteiger partial charge in [-0.15, -0.1) is 10.2 Å². The van der Waals surface area contributed by atoms with Crippen LogP contribution in [0.15, 0.2) is 48.5 Å². The summed E-state index contributed by atoms with van der Waals surface area (Å²) < 4.78 is 11.0. The second-order valence-corrected chi connectivity index (χ2v) is 6.94. The molecule has 0 aliphatic rings. The second-order valence-electron chi connectivity index (χ2n) is 5.96. The number of carbonyl (C=O) groups excluding carboxylic acids is 1. The van der Waals surface area contributed by atoms with E-state index in [1.165, 1.54) is 16.9 Å². The predicted molar refractivity (Wildman–Crippen MR) is 106 cm³/mol. The number of hydrogen-bond acceptors (Lipinski definition) is 6. The monoisotopic (exact) mass is 383 g/mol. The van der Waals surface area contributed by atoms with Gasteiger partial charge in [-0.25, -0.2) is 0 Å². The average molecular weight is 383 g/mol. The zero-order valence-electron chi connectivity index (χ0n) is 15.4. The van der Waals surface area contributed by atoms with Crippen LogP contribution >= 0.6 is 11.3 Å². The number of benzene rings is 2. The molecule has 27 heavy (non-hydrogen) atoms. The van der Waals surface area contributed by atoms with Crippen LogP contribution in [0, 0.1) is 6.92 Å². The minimum atomic E-state index is -0.635. The molecule has 3 aromatic rings. The molecule has 1 amide bonds. The molecule has 1 N–H and O–H groups in total. The van der Waals surface area contributed by atoms with E-state index in [9.17, 15) is 4.79 Å². The largest absolute Gasteiger partial charge is 0.497 e. The molecular formula is C20H21N3O3S. The normalized spacial score (nSPS) is 11.7. The first-order valence-electron chi connectivity index (χ1n) is 8.61. The van der Waals surface area contributed by atoms with Crippen molar-refractivity contribution in [1.29, 1.82) is 0 Å². The Labute approximate surface area is 162 Å². The molecular weight excluding hydrogens is 362 g/mol. The van der Waals surface area contributed by atoms with Gasteiger partial charge in [0.15, 0.2) is 6.10 Å². The molecule has 3 rings (SSSR count). The van der Waals surface area contributed by atoms with E-state index in [1.54, 1.807) is 19.2 Å². The van der Waals surface area contributed by atoms with Crippen molar-refractivity contribution in [2.24, 2.45) is 0 Å². The molecule has 0 aliphatic carbocycles. The Kier molecular flexibility index (Phi) is 6.03. The van der Waals surface area contributed by atoms with Crippen LogP contribution in [0.3, 0.4) is 0 Å². The van der Waals surface area contributed by atoms with Gasteiger partial charge in [0.25, 0.3) is 5.91 Å². The minimum Gasteiger partial charge on any atom is -0.497 e. The third-order valence-electron chi connectivity index (χ3n) is 3.94. The third-order valence-corrected chi connectivity index (χ3v) is 4.82. The van der Waals surface area contributed by atoms with Crippen molar-refractivity contribution >= 4 is 22.4 Å². The minimum absolute atomic E-state index is 0.257. The number of nitrogens with zero attached hydrogens (tertiary/aromatic N) is 2. The van der Waals surface area contributed by atoms with Gasteiger partial charge in [-0.2, -0.15) is 0 Å². The standard InChI is InChI=1S/C20H21N3O3S/c1-4-17(26-16-7-5-6-15(12-16)25-3)18(24)21-20-23-22-19(27-20)14-10-8-13(2)9-11-14/h5-12,17H,4H2,1-3H3,(H,21,23,24). The van der Waals surface area contributed by atoms with Crippen LogP contribution in [0.2, 0.25) is 0 Å². The Morgan fingerprint density at radius 1 is 1.15 bits per heavy atom. The number of amides is 1. The first kappa shape index (κ1) is 18.8. The molecule has 0 fully saturated rings. The SMILES string of the molecule is CCC(Oc1cccc(OC)c1)C(=O)Nc1nnc(-c2ccc(C)cc2)s1. The highest BCUT2D eigenvalue weighted by atomic mass is 32.1. The van der Waals surface area contributed by atoms with Gasteiger partial charge in [-0.05, 0) is 25.5 Å². The number of nitrogens with one attached hydrogen (secondary N) is 1. The van der Waals surface area contributed by atoms with Crippen LogP contribution in [0.5, 0.6) is 11.5 Å². The fourth-order valence-corrected chi connectivity index (χ4v) is 3.19. The van der Waals surface area contributed by atoms with E-state index < -0.39 is 6.10 Å². The maximum absolute atomic E-state index is 12.6. The Morgan fingerprint density at radius 3 is 2.59 bits per heavy atom. The van der Waals surface area contributed by atoms with Crippen LogP contribution in [-0.2, 0) is 4.79 Å². The molecule has 1 unspecified atom stereocenters. The topological polar surface area (TPSA) is 73.3 Å². The summed E-state index contributed by atoms with van der Waals surface area (Å²) in [6.45, 7) is 3.92. The molecule has 0 radical (unpaired) electrons. The summed E-state index contributed by atoms with van der Waals surface area (Å²) in [7, 11) is 1.59. The van der Waals surface area contributed by atoms with Gasteiger partial charge in [0.2, 0.25) is 5.13 Å². The molecule has 0 spiro atoms. The molecule has 140 valence electrons. The van der Waals surface area contributed by atoms with Crippen molar-refractivity contribution in [1.82, 2.24) is 10.2 Å². The number of methoxy groups -OCH3 is 1. The summed E-state index contributed by atoms with van der Waals surface area (Å²) in [6, 6.07) is 15.2. The number of carbonyl (C=O) groups is 1. The number of rotatable bonds is 7. The van der Waals surface area contributed by atoms with Gasteiger partial charge in [0.05, 0.1) is 7.11 Å². The molecule has 0 saturated carbocycles. The maximum Gasteiger partial charge on any atom is 0.267 e. The highest BCUT2D eigenvalue weighted by Gasteiger charge is 2.20. The third kappa shape index (κ3) is 4.83. The van der Waals surface area contributed by atoms with Crippen molar-refractivity contribution in [3.63, 3.8) is 0 Å². The quantitative estimate of drug-likeness (QED) is 0.658. The molecule has 2 aromatic carbocycles. The van der Waals surface area contributed by atoms with Crippen molar-refractivity contribution < 1.29 is 14.3 Å². The lowest BCUT2D eigenvalue weighted by atomic mass is 10.2. The molecule has 0 saturated heterocycles. The Hall–Kier alpha value is -2.93. The molecule has 1 aromatic heterocycles. The second kappa shape index (κ2) is 8.64. The van der Waals surface area contributed by atoms with Crippen molar-refractivity contribution in [2.75, 3.05) is 12.4 Å². The zero-order valence-corrected chi connectivity index (χ0v) is 16.2. The Bertz CT molecular complexity index is 909. The summed E-state index contributed by atoms with van der Waals surface area (Å²) in [6.07, 6.45) is -0.115. The van der Waals surface area contributed by atoms with E-state index in [-0.39, 0.29) is 5.91 Å². The number of hydrogen-bond donors (Lipinski definition) is 1. The van der Waals surface area contributed by atoms with Crippen LogP contribution in [0.25, 0.3) is 10.6 Å². The number of aryl methyl sites for hydroxylation is 1. The van der Waals surface area contributed by atoms with Crippen LogP contribution in [-0.4, -0.2) is 29.3 Å². The summed E-state index contributed by atoms with van der Waals surface area (Å²) in [5.41, 5.74) is 2.15. The van der Waals surface area contributed by atoms with E-state index in [1.807, 2.05) is 50.2 Å². The lowest BCUT2D eigenvalue weighted by Crippen LogP contribution is -2.32. The average Bonchev–Trinajstić information content (AvgIpc) is 3.15. The highest BCUT2D eigenvalue weighted by molar-refractivity contribution is 7.18. The molecule has 0 bridgehead atoms. The Morgan fingerprint density at radius 2 is 1.89 bits per heavy atom.